The Kier molecular flexibility index (Phi) is 3.78. The summed E-state index contributed by atoms with van der Waals surface area (Å²) in [6.45, 7) is 2.10. The van der Waals surface area contributed by atoms with Crippen molar-refractivity contribution in [3.05, 3.63) is 11.8 Å². The van der Waals surface area contributed by atoms with Crippen molar-refractivity contribution in [1.29, 1.82) is 0 Å². The molecule has 1 heterocycles. The van der Waals surface area contributed by atoms with E-state index in [1.54, 1.807) is 0 Å². The van der Waals surface area contributed by atoms with Gasteiger partial charge in [0.1, 0.15) is 0 Å². The van der Waals surface area contributed by atoms with E-state index in [4.69, 9.17) is 4.42 Å². The lowest BCUT2D eigenvalue weighted by atomic mass is 10.0. The number of hydrogen-bond acceptors (Lipinski definition) is 3. The van der Waals surface area contributed by atoms with Crippen LogP contribution >= 0.6 is 15.9 Å². The molecule has 0 spiro atoms. The molecule has 3 nitrogen and oxygen atoms in total. The third kappa shape index (κ3) is 2.80. The first kappa shape index (κ1) is 11.1. The van der Waals surface area contributed by atoms with Gasteiger partial charge >= 0.3 is 0 Å². The van der Waals surface area contributed by atoms with Gasteiger partial charge in [-0.15, -0.1) is 10.2 Å². The molecule has 1 saturated carbocycles. The molecule has 0 N–H and O–H groups in total. The highest BCUT2D eigenvalue weighted by Crippen LogP contribution is 2.29. The number of rotatable bonds is 4. The zero-order valence-corrected chi connectivity index (χ0v) is 10.7. The summed E-state index contributed by atoms with van der Waals surface area (Å²) >= 11 is 3.51. The van der Waals surface area contributed by atoms with Crippen LogP contribution < -0.4 is 0 Å². The molecule has 1 aliphatic carbocycles. The van der Waals surface area contributed by atoms with Gasteiger partial charge in [-0.05, 0) is 25.2 Å². The molecule has 1 fully saturated rings. The lowest BCUT2D eigenvalue weighted by molar-refractivity contribution is 0.405. The van der Waals surface area contributed by atoms with E-state index in [9.17, 15) is 0 Å². The van der Waals surface area contributed by atoms with Crippen molar-refractivity contribution in [1.82, 2.24) is 10.2 Å². The molecular weight excluding hydrogens is 256 g/mol. The van der Waals surface area contributed by atoms with E-state index < -0.39 is 0 Å². The Morgan fingerprint density at radius 3 is 2.80 bits per heavy atom. The number of nitrogens with zero attached hydrogens (tertiary/aromatic N) is 2. The van der Waals surface area contributed by atoms with Crippen LogP contribution in [0.15, 0.2) is 4.42 Å². The lowest BCUT2D eigenvalue weighted by Crippen LogP contribution is -1.98. The Morgan fingerprint density at radius 2 is 2.13 bits per heavy atom. The molecule has 0 saturated heterocycles. The Hall–Kier alpha value is -0.380. The quantitative estimate of drug-likeness (QED) is 0.786. The second kappa shape index (κ2) is 5.10. The summed E-state index contributed by atoms with van der Waals surface area (Å²) in [7, 11) is 0. The Bertz CT molecular complexity index is 307. The maximum absolute atomic E-state index is 5.63. The maximum Gasteiger partial charge on any atom is 0.230 e. The highest BCUT2D eigenvalue weighted by Gasteiger charge is 2.20. The van der Waals surface area contributed by atoms with Crippen LogP contribution in [0.4, 0.5) is 0 Å². The van der Waals surface area contributed by atoms with E-state index in [1.807, 2.05) is 0 Å². The second-order valence-electron chi connectivity index (χ2n) is 4.26. The molecule has 1 unspecified atom stereocenters. The first-order valence-corrected chi connectivity index (χ1v) is 6.67. The van der Waals surface area contributed by atoms with Crippen molar-refractivity contribution in [2.45, 2.75) is 50.3 Å². The van der Waals surface area contributed by atoms with Gasteiger partial charge in [0.15, 0.2) is 0 Å². The first-order chi connectivity index (χ1) is 7.29. The zero-order chi connectivity index (χ0) is 10.7. The van der Waals surface area contributed by atoms with Crippen molar-refractivity contribution in [2.75, 3.05) is 0 Å². The summed E-state index contributed by atoms with van der Waals surface area (Å²) in [5.74, 6) is 2.31. The van der Waals surface area contributed by atoms with Crippen molar-refractivity contribution >= 4 is 15.9 Å². The molecule has 4 heteroatoms. The molecule has 15 heavy (non-hydrogen) atoms. The largest absolute Gasteiger partial charge is 0.424 e. The first-order valence-electron chi connectivity index (χ1n) is 5.76. The van der Waals surface area contributed by atoms with Crippen molar-refractivity contribution in [2.24, 2.45) is 5.92 Å². The Labute approximate surface area is 98.8 Å². The lowest BCUT2D eigenvalue weighted by Gasteiger charge is -2.03. The van der Waals surface area contributed by atoms with Crippen LogP contribution in [-0.4, -0.2) is 10.2 Å². The van der Waals surface area contributed by atoms with Gasteiger partial charge in [-0.2, -0.15) is 0 Å². The predicted molar refractivity (Wildman–Crippen MR) is 61.9 cm³/mol. The van der Waals surface area contributed by atoms with Crippen LogP contribution in [0.1, 0.15) is 55.6 Å². The monoisotopic (exact) mass is 272 g/mol. The van der Waals surface area contributed by atoms with Gasteiger partial charge in [0.05, 0.1) is 4.83 Å². The van der Waals surface area contributed by atoms with E-state index in [-0.39, 0.29) is 4.83 Å². The molecule has 0 aromatic carbocycles. The van der Waals surface area contributed by atoms with Crippen LogP contribution in [0.3, 0.4) is 0 Å². The molecule has 2 rings (SSSR count). The molecule has 0 amide bonds. The van der Waals surface area contributed by atoms with Gasteiger partial charge in [0, 0.05) is 6.42 Å². The minimum atomic E-state index is 0.210. The third-order valence-corrected chi connectivity index (χ3v) is 4.09. The molecule has 0 bridgehead atoms. The molecule has 1 aliphatic rings. The Morgan fingerprint density at radius 1 is 1.40 bits per heavy atom. The Balaban J connectivity index is 1.94. The molecule has 84 valence electrons. The number of alkyl halides is 1. The number of aromatic nitrogens is 2. The van der Waals surface area contributed by atoms with E-state index in [1.165, 1.54) is 25.7 Å². The summed E-state index contributed by atoms with van der Waals surface area (Å²) in [5, 5.41) is 8.17. The van der Waals surface area contributed by atoms with Crippen molar-refractivity contribution in [3.8, 4) is 0 Å². The highest BCUT2D eigenvalue weighted by atomic mass is 79.9. The fraction of sp³-hybridized carbons (Fsp3) is 0.818. The average Bonchev–Trinajstić information content (AvgIpc) is 2.88. The molecule has 1 aromatic rings. The van der Waals surface area contributed by atoms with E-state index in [0.29, 0.717) is 0 Å². The SMILES string of the molecule is CCC(Br)c1nnc(CC2CCCC2)o1. The summed E-state index contributed by atoms with van der Waals surface area (Å²) in [4.78, 5) is 0.210. The molecule has 0 radical (unpaired) electrons. The van der Waals surface area contributed by atoms with Crippen LogP contribution in [-0.2, 0) is 6.42 Å². The van der Waals surface area contributed by atoms with Crippen LogP contribution in [0.5, 0.6) is 0 Å². The summed E-state index contributed by atoms with van der Waals surface area (Å²) < 4.78 is 5.63. The van der Waals surface area contributed by atoms with Crippen LogP contribution in [0.25, 0.3) is 0 Å². The summed E-state index contributed by atoms with van der Waals surface area (Å²) in [6, 6.07) is 0. The molecular formula is C11H17BrN2O. The normalized spacial score (nSPS) is 19.6. The van der Waals surface area contributed by atoms with E-state index in [0.717, 1.165) is 30.5 Å². The van der Waals surface area contributed by atoms with Crippen molar-refractivity contribution in [3.63, 3.8) is 0 Å². The van der Waals surface area contributed by atoms with Gasteiger partial charge in [0.25, 0.3) is 0 Å². The fourth-order valence-corrected chi connectivity index (χ4v) is 2.30. The van der Waals surface area contributed by atoms with Gasteiger partial charge in [-0.3, -0.25) is 0 Å². The van der Waals surface area contributed by atoms with Crippen LogP contribution in [0, 0.1) is 5.92 Å². The highest BCUT2D eigenvalue weighted by molar-refractivity contribution is 9.09. The van der Waals surface area contributed by atoms with E-state index in [2.05, 4.69) is 33.1 Å². The smallest absolute Gasteiger partial charge is 0.230 e. The average molecular weight is 273 g/mol. The standard InChI is InChI=1S/C11H17BrN2O/c1-2-9(12)11-14-13-10(15-11)7-8-5-3-4-6-8/h8-9H,2-7H2,1H3. The van der Waals surface area contributed by atoms with Crippen molar-refractivity contribution < 1.29 is 4.42 Å². The summed E-state index contributed by atoms with van der Waals surface area (Å²) in [5.41, 5.74) is 0. The number of hydrogen-bond donors (Lipinski definition) is 0. The minimum absolute atomic E-state index is 0.210. The zero-order valence-electron chi connectivity index (χ0n) is 9.08. The fourth-order valence-electron chi connectivity index (χ4n) is 2.11. The molecule has 0 aliphatic heterocycles. The second-order valence-corrected chi connectivity index (χ2v) is 5.37. The van der Waals surface area contributed by atoms with Gasteiger partial charge in [0.2, 0.25) is 11.8 Å². The third-order valence-electron chi connectivity index (χ3n) is 3.05. The van der Waals surface area contributed by atoms with E-state index >= 15 is 0 Å². The van der Waals surface area contributed by atoms with Crippen LogP contribution in [0.2, 0.25) is 0 Å². The minimum Gasteiger partial charge on any atom is -0.424 e. The summed E-state index contributed by atoms with van der Waals surface area (Å²) in [6.07, 6.45) is 7.32. The molecule has 1 aromatic heterocycles. The molecule has 1 atom stereocenters. The van der Waals surface area contributed by atoms with Gasteiger partial charge in [-0.25, -0.2) is 0 Å². The van der Waals surface area contributed by atoms with Gasteiger partial charge in [-0.1, -0.05) is 35.7 Å². The predicted octanol–water partition coefficient (Wildman–Crippen LogP) is 3.65. The topological polar surface area (TPSA) is 38.9 Å². The maximum atomic E-state index is 5.63. The van der Waals surface area contributed by atoms with Gasteiger partial charge < -0.3 is 4.42 Å². The number of halogens is 1.